The average Bonchev–Trinajstić information content (AvgIpc) is 2.99. The largest absolute Gasteiger partial charge is 0.484 e. The van der Waals surface area contributed by atoms with Crippen LogP contribution < -0.4 is 15.4 Å². The van der Waals surface area contributed by atoms with Gasteiger partial charge in [-0.2, -0.15) is 13.2 Å². The van der Waals surface area contributed by atoms with Gasteiger partial charge in [0.05, 0.1) is 25.3 Å². The molecule has 7 nitrogen and oxygen atoms in total. The van der Waals surface area contributed by atoms with Crippen molar-refractivity contribution < 1.29 is 41.0 Å². The van der Waals surface area contributed by atoms with Crippen molar-refractivity contribution in [2.24, 2.45) is 0 Å². The molecular weight excluding hydrogens is 513 g/mol. The number of fused-ring (bicyclic) bond motifs is 1. The lowest BCUT2D eigenvalue weighted by molar-refractivity contribution is -0.141. The monoisotopic (exact) mass is 533 g/mol. The Morgan fingerprint density at radius 2 is 1.74 bits per heavy atom. The topological polar surface area (TPSA) is 89.5 Å². The van der Waals surface area contributed by atoms with Crippen molar-refractivity contribution >= 4 is 23.2 Å². The Hall–Kier alpha value is -4.06. The molecule has 2 aliphatic rings. The van der Waals surface area contributed by atoms with Gasteiger partial charge >= 0.3 is 6.18 Å². The highest BCUT2D eigenvalue weighted by Crippen LogP contribution is 2.42. The van der Waals surface area contributed by atoms with Crippen molar-refractivity contribution in [3.8, 4) is 16.9 Å². The summed E-state index contributed by atoms with van der Waals surface area (Å²) in [6.45, 7) is 0.768. The molecule has 0 unspecified atom stereocenters. The SMILES string of the molecule is O=C1CC2(CCOCC2)Oc2cc(-c3cc(NC(=O)c4ccnc(C(F)(F)F)c4)ccc3F)c(F)cc2N1. The summed E-state index contributed by atoms with van der Waals surface area (Å²) < 4.78 is 80.4. The third-order valence-electron chi connectivity index (χ3n) is 6.38. The van der Waals surface area contributed by atoms with Gasteiger partial charge in [-0.1, -0.05) is 0 Å². The molecule has 12 heteroatoms. The summed E-state index contributed by atoms with van der Waals surface area (Å²) in [4.78, 5) is 28.3. The van der Waals surface area contributed by atoms with Crippen LogP contribution in [0.1, 0.15) is 35.3 Å². The predicted molar refractivity (Wildman–Crippen MR) is 126 cm³/mol. The van der Waals surface area contributed by atoms with Crippen molar-refractivity contribution in [2.45, 2.75) is 31.0 Å². The van der Waals surface area contributed by atoms with Crippen molar-refractivity contribution in [1.82, 2.24) is 4.98 Å². The fraction of sp³-hybridized carbons (Fsp3) is 0.269. The number of rotatable bonds is 3. The van der Waals surface area contributed by atoms with Gasteiger partial charge in [-0.15, -0.1) is 0 Å². The van der Waals surface area contributed by atoms with Crippen molar-refractivity contribution in [3.63, 3.8) is 0 Å². The van der Waals surface area contributed by atoms with Crippen LogP contribution in [0.3, 0.4) is 0 Å². The van der Waals surface area contributed by atoms with Gasteiger partial charge in [0.2, 0.25) is 5.91 Å². The van der Waals surface area contributed by atoms with Crippen LogP contribution >= 0.6 is 0 Å². The Morgan fingerprint density at radius 1 is 1.00 bits per heavy atom. The van der Waals surface area contributed by atoms with E-state index in [1.54, 1.807) is 0 Å². The molecule has 0 aliphatic carbocycles. The summed E-state index contributed by atoms with van der Waals surface area (Å²) in [7, 11) is 0. The molecule has 198 valence electrons. The Labute approximate surface area is 213 Å². The van der Waals surface area contributed by atoms with E-state index in [9.17, 15) is 27.2 Å². The highest BCUT2D eigenvalue weighted by atomic mass is 19.4. The molecule has 0 bridgehead atoms. The fourth-order valence-corrected chi connectivity index (χ4v) is 4.46. The zero-order valence-electron chi connectivity index (χ0n) is 19.6. The van der Waals surface area contributed by atoms with Crippen LogP contribution in [0.15, 0.2) is 48.7 Å². The van der Waals surface area contributed by atoms with Crippen LogP contribution in [0.5, 0.6) is 5.75 Å². The second-order valence-electron chi connectivity index (χ2n) is 9.03. The first-order valence-electron chi connectivity index (χ1n) is 11.6. The summed E-state index contributed by atoms with van der Waals surface area (Å²) in [5, 5.41) is 5.01. The van der Waals surface area contributed by atoms with E-state index in [0.29, 0.717) is 32.1 Å². The molecule has 38 heavy (non-hydrogen) atoms. The number of hydrogen-bond acceptors (Lipinski definition) is 5. The summed E-state index contributed by atoms with van der Waals surface area (Å²) in [6, 6.07) is 7.33. The van der Waals surface area contributed by atoms with Gasteiger partial charge in [-0.3, -0.25) is 14.6 Å². The average molecular weight is 533 g/mol. The summed E-state index contributed by atoms with van der Waals surface area (Å²) in [5.74, 6) is -2.77. The van der Waals surface area contributed by atoms with E-state index in [1.165, 1.54) is 12.1 Å². The van der Waals surface area contributed by atoms with Crippen LogP contribution in [-0.2, 0) is 15.7 Å². The molecule has 5 rings (SSSR count). The molecule has 3 aromatic rings. The maximum atomic E-state index is 15.2. The number of carbonyl (C=O) groups is 2. The Kier molecular flexibility index (Phi) is 6.51. The number of hydrogen-bond donors (Lipinski definition) is 2. The van der Waals surface area contributed by atoms with Gasteiger partial charge in [0, 0.05) is 47.5 Å². The predicted octanol–water partition coefficient (Wildman–Crippen LogP) is 5.57. The van der Waals surface area contributed by atoms with Gasteiger partial charge in [-0.05, 0) is 36.4 Å². The third kappa shape index (κ3) is 5.17. The van der Waals surface area contributed by atoms with Crippen molar-refractivity contribution in [3.05, 3.63) is 71.6 Å². The van der Waals surface area contributed by atoms with Gasteiger partial charge in [0.25, 0.3) is 5.91 Å². The number of nitrogens with zero attached hydrogens (tertiary/aromatic N) is 1. The smallest absolute Gasteiger partial charge is 0.433 e. The normalized spacial score (nSPS) is 16.7. The number of nitrogens with one attached hydrogen (secondary N) is 2. The molecule has 1 saturated heterocycles. The summed E-state index contributed by atoms with van der Waals surface area (Å²) in [6.07, 6.45) is -2.97. The van der Waals surface area contributed by atoms with Gasteiger partial charge in [0.15, 0.2) is 0 Å². The van der Waals surface area contributed by atoms with E-state index in [4.69, 9.17) is 9.47 Å². The number of alkyl halides is 3. The quantitative estimate of drug-likeness (QED) is 0.430. The lowest BCUT2D eigenvalue weighted by atomic mass is 9.90. The van der Waals surface area contributed by atoms with E-state index in [1.807, 2.05) is 0 Å². The third-order valence-corrected chi connectivity index (χ3v) is 6.38. The van der Waals surface area contributed by atoms with Gasteiger partial charge in [0.1, 0.15) is 28.7 Å². The number of carbonyl (C=O) groups excluding carboxylic acids is 2. The standard InChI is InChI=1S/C26H20F5N3O4/c27-18-2-1-15(33-24(36)14-3-6-32-22(9-14)26(29,30)31)10-16(18)17-11-21-20(12-19(17)28)34-23(35)13-25(38-21)4-7-37-8-5-25/h1-3,6,9-12H,4-5,7-8,13H2,(H,33,36)(H,34,35). The number of ether oxygens (including phenoxy) is 2. The van der Waals surface area contributed by atoms with Crippen LogP contribution in [0.25, 0.3) is 11.1 Å². The first-order valence-corrected chi connectivity index (χ1v) is 11.6. The number of halogens is 5. The lowest BCUT2D eigenvalue weighted by Crippen LogP contribution is -2.43. The number of anilines is 2. The first-order chi connectivity index (χ1) is 18.0. The lowest BCUT2D eigenvalue weighted by Gasteiger charge is -2.35. The van der Waals surface area contributed by atoms with Crippen LogP contribution in [0.2, 0.25) is 0 Å². The van der Waals surface area contributed by atoms with E-state index >= 15 is 4.39 Å². The molecule has 2 N–H and O–H groups in total. The molecule has 1 spiro atoms. The molecule has 2 aromatic carbocycles. The number of amides is 2. The maximum absolute atomic E-state index is 15.2. The van der Waals surface area contributed by atoms with Crippen LogP contribution in [-0.4, -0.2) is 35.6 Å². The summed E-state index contributed by atoms with van der Waals surface area (Å²) >= 11 is 0. The molecule has 1 aromatic heterocycles. The molecule has 0 atom stereocenters. The van der Waals surface area contributed by atoms with E-state index < -0.39 is 35.0 Å². The van der Waals surface area contributed by atoms with Gasteiger partial charge in [-0.25, -0.2) is 8.78 Å². The van der Waals surface area contributed by atoms with E-state index in [0.717, 1.165) is 30.5 Å². The number of pyridine rings is 1. The Balaban J connectivity index is 1.47. The minimum atomic E-state index is -4.74. The molecular formula is C26H20F5N3O4. The zero-order chi connectivity index (χ0) is 27.1. The second kappa shape index (κ2) is 9.67. The van der Waals surface area contributed by atoms with E-state index in [-0.39, 0.29) is 46.1 Å². The van der Waals surface area contributed by atoms with E-state index in [2.05, 4.69) is 15.6 Å². The van der Waals surface area contributed by atoms with Crippen LogP contribution in [0.4, 0.5) is 33.3 Å². The number of benzene rings is 2. The molecule has 2 aliphatic heterocycles. The van der Waals surface area contributed by atoms with Crippen molar-refractivity contribution in [1.29, 1.82) is 0 Å². The molecule has 2 amide bonds. The van der Waals surface area contributed by atoms with Crippen molar-refractivity contribution in [2.75, 3.05) is 23.8 Å². The number of aromatic nitrogens is 1. The Bertz CT molecular complexity index is 1420. The second-order valence-corrected chi connectivity index (χ2v) is 9.03. The minimum Gasteiger partial charge on any atom is -0.484 e. The maximum Gasteiger partial charge on any atom is 0.433 e. The Morgan fingerprint density at radius 3 is 2.47 bits per heavy atom. The highest BCUT2D eigenvalue weighted by molar-refractivity contribution is 6.04. The first kappa shape index (κ1) is 25.6. The molecule has 3 heterocycles. The van der Waals surface area contributed by atoms with Gasteiger partial charge < -0.3 is 20.1 Å². The zero-order valence-corrected chi connectivity index (χ0v) is 19.6. The molecule has 0 radical (unpaired) electrons. The van der Waals surface area contributed by atoms with Crippen LogP contribution in [0, 0.1) is 11.6 Å². The highest BCUT2D eigenvalue weighted by Gasteiger charge is 2.40. The molecule has 0 saturated carbocycles. The fourth-order valence-electron chi connectivity index (χ4n) is 4.46. The molecule has 1 fully saturated rings. The summed E-state index contributed by atoms with van der Waals surface area (Å²) in [5.41, 5.74) is -2.72. The minimum absolute atomic E-state index is 0.0150.